The van der Waals surface area contributed by atoms with Crippen molar-refractivity contribution in [2.45, 2.75) is 14.7 Å². The van der Waals surface area contributed by atoms with E-state index in [1.807, 2.05) is 0 Å². The third-order valence-corrected chi connectivity index (χ3v) is 5.60. The van der Waals surface area contributed by atoms with E-state index in [4.69, 9.17) is 14.8 Å². The number of benzene rings is 2. The van der Waals surface area contributed by atoms with Crippen LogP contribution in [0.1, 0.15) is 0 Å². The summed E-state index contributed by atoms with van der Waals surface area (Å²) in [5, 5.41) is -0.612. The minimum atomic E-state index is -5.00. The summed E-state index contributed by atoms with van der Waals surface area (Å²) < 4.78 is 95.0. The van der Waals surface area contributed by atoms with Gasteiger partial charge in [0.2, 0.25) is 0 Å². The van der Waals surface area contributed by atoms with Gasteiger partial charge in [0.15, 0.2) is 0 Å². The number of nitrogen functional groups attached to an aromatic ring is 1. The van der Waals surface area contributed by atoms with E-state index in [0.29, 0.717) is 6.07 Å². The molecule has 0 unspecified atom stereocenters. The van der Waals surface area contributed by atoms with Crippen LogP contribution >= 0.6 is 0 Å². The molecule has 0 amide bonds. The molecule has 0 bridgehead atoms. The highest BCUT2D eigenvalue weighted by molar-refractivity contribution is 7.87. The van der Waals surface area contributed by atoms with Gasteiger partial charge >= 0.3 is 0 Å². The lowest BCUT2D eigenvalue weighted by molar-refractivity contribution is 0.480. The van der Waals surface area contributed by atoms with Crippen LogP contribution in [0.2, 0.25) is 0 Å². The second-order valence-corrected chi connectivity index (χ2v) is 8.60. The molecule has 23 heavy (non-hydrogen) atoms. The second-order valence-electron chi connectivity index (χ2n) is 4.43. The minimum Gasteiger partial charge on any atom is -0.396 e. The summed E-state index contributed by atoms with van der Waals surface area (Å²) in [6.45, 7) is 0. The molecular weight excluding hydrogens is 374 g/mol. The minimum absolute atomic E-state index is 0.301. The molecular formula is C10H9NO9S3. The zero-order valence-electron chi connectivity index (χ0n) is 10.9. The normalized spacial score (nSPS) is 13.3. The fourth-order valence-corrected chi connectivity index (χ4v) is 4.08. The molecule has 0 fully saturated rings. The molecule has 2 aromatic rings. The Bertz CT molecular complexity index is 1130. The number of rotatable bonds is 3. The predicted octanol–water partition coefficient (Wildman–Crippen LogP) is 0.162. The van der Waals surface area contributed by atoms with E-state index >= 15 is 0 Å². The molecule has 0 aromatic heterocycles. The topological polar surface area (TPSA) is 189 Å². The van der Waals surface area contributed by atoms with Gasteiger partial charge < -0.3 is 5.73 Å². The first kappa shape index (κ1) is 17.6. The van der Waals surface area contributed by atoms with Gasteiger partial charge in [-0.05, 0) is 23.6 Å². The first-order valence-corrected chi connectivity index (χ1v) is 9.83. The smallest absolute Gasteiger partial charge is 0.297 e. The molecule has 13 heteroatoms. The van der Waals surface area contributed by atoms with Crippen molar-refractivity contribution >= 4 is 46.8 Å². The van der Waals surface area contributed by atoms with Crippen LogP contribution < -0.4 is 5.73 Å². The lowest BCUT2D eigenvalue weighted by Crippen LogP contribution is -2.10. The Morgan fingerprint density at radius 2 is 1.35 bits per heavy atom. The SMILES string of the molecule is Nc1c(S(=O)(=O)O)cc2cc(S(=O)(=O)O)ccc2c1S(=O)(=O)O. The Morgan fingerprint density at radius 1 is 0.783 bits per heavy atom. The Kier molecular flexibility index (Phi) is 3.91. The summed E-state index contributed by atoms with van der Waals surface area (Å²) in [7, 11) is -14.6. The van der Waals surface area contributed by atoms with Gasteiger partial charge in [0.05, 0.1) is 10.6 Å². The highest BCUT2D eigenvalue weighted by Gasteiger charge is 2.26. The maximum Gasteiger partial charge on any atom is 0.297 e. The molecule has 0 saturated carbocycles. The van der Waals surface area contributed by atoms with Crippen molar-refractivity contribution in [1.82, 2.24) is 0 Å². The van der Waals surface area contributed by atoms with Crippen molar-refractivity contribution in [2.24, 2.45) is 0 Å². The highest BCUT2D eigenvalue weighted by Crippen LogP contribution is 2.35. The van der Waals surface area contributed by atoms with Crippen LogP contribution in [0.5, 0.6) is 0 Å². The van der Waals surface area contributed by atoms with E-state index in [1.54, 1.807) is 0 Å². The van der Waals surface area contributed by atoms with Crippen LogP contribution in [-0.2, 0) is 30.4 Å². The molecule has 0 heterocycles. The highest BCUT2D eigenvalue weighted by atomic mass is 32.2. The van der Waals surface area contributed by atoms with Crippen LogP contribution in [0.15, 0.2) is 39.0 Å². The summed E-state index contributed by atoms with van der Waals surface area (Å²) in [6.07, 6.45) is 0. The summed E-state index contributed by atoms with van der Waals surface area (Å²) in [5.41, 5.74) is 4.47. The average molecular weight is 383 g/mol. The van der Waals surface area contributed by atoms with Gasteiger partial charge in [-0.1, -0.05) is 6.07 Å². The predicted molar refractivity (Wildman–Crippen MR) is 77.8 cm³/mol. The fourth-order valence-electron chi connectivity index (χ4n) is 1.99. The second kappa shape index (κ2) is 5.12. The van der Waals surface area contributed by atoms with Crippen LogP contribution in [0.25, 0.3) is 10.8 Å². The molecule has 2 rings (SSSR count). The number of anilines is 1. The molecule has 0 aliphatic carbocycles. The van der Waals surface area contributed by atoms with Crippen LogP contribution in [-0.4, -0.2) is 38.9 Å². The van der Waals surface area contributed by atoms with Gasteiger partial charge in [0, 0.05) is 5.39 Å². The number of hydrogen-bond donors (Lipinski definition) is 4. The van der Waals surface area contributed by atoms with E-state index < -0.39 is 50.7 Å². The quantitative estimate of drug-likeness (QED) is 0.419. The largest absolute Gasteiger partial charge is 0.396 e. The van der Waals surface area contributed by atoms with Gasteiger partial charge in [-0.2, -0.15) is 25.3 Å². The van der Waals surface area contributed by atoms with Crippen LogP contribution in [0, 0.1) is 0 Å². The zero-order chi connectivity index (χ0) is 17.8. The van der Waals surface area contributed by atoms with E-state index in [-0.39, 0.29) is 10.8 Å². The molecule has 0 atom stereocenters. The standard InChI is InChI=1S/C10H9NO9S3/c11-9-8(22(15,16)17)4-5-3-6(21(12,13)14)1-2-7(5)10(9)23(18,19)20/h1-4H,11H2,(H,12,13,14)(H,15,16,17)(H,18,19,20). The lowest BCUT2D eigenvalue weighted by atomic mass is 10.1. The first-order chi connectivity index (χ1) is 10.2. The molecule has 0 radical (unpaired) electrons. The summed E-state index contributed by atoms with van der Waals surface area (Å²) in [6, 6.07) is 3.21. The third kappa shape index (κ3) is 3.29. The molecule has 0 aliphatic heterocycles. The molecule has 126 valence electrons. The van der Waals surface area contributed by atoms with E-state index in [2.05, 4.69) is 0 Å². The van der Waals surface area contributed by atoms with Gasteiger partial charge in [-0.25, -0.2) is 0 Å². The van der Waals surface area contributed by atoms with E-state index in [0.717, 1.165) is 18.2 Å². The summed E-state index contributed by atoms with van der Waals surface area (Å²) in [4.78, 5) is -2.70. The van der Waals surface area contributed by atoms with Gasteiger partial charge in [-0.15, -0.1) is 0 Å². The van der Waals surface area contributed by atoms with Crippen molar-refractivity contribution in [3.05, 3.63) is 24.3 Å². The maximum absolute atomic E-state index is 11.5. The summed E-state index contributed by atoms with van der Waals surface area (Å²) in [5.74, 6) is 0. The molecule has 2 aromatic carbocycles. The molecule has 10 nitrogen and oxygen atoms in total. The van der Waals surface area contributed by atoms with Gasteiger partial charge in [0.1, 0.15) is 9.79 Å². The number of hydrogen-bond acceptors (Lipinski definition) is 7. The Labute approximate surface area is 130 Å². The Hall–Kier alpha value is -1.77. The Balaban J connectivity index is 3.12. The van der Waals surface area contributed by atoms with E-state index in [9.17, 15) is 29.8 Å². The Morgan fingerprint density at radius 3 is 1.78 bits per heavy atom. The molecule has 0 saturated heterocycles. The third-order valence-electron chi connectivity index (χ3n) is 2.90. The monoisotopic (exact) mass is 383 g/mol. The van der Waals surface area contributed by atoms with Crippen molar-refractivity contribution in [2.75, 3.05) is 5.73 Å². The molecule has 0 spiro atoms. The number of nitrogens with two attached hydrogens (primary N) is 1. The van der Waals surface area contributed by atoms with E-state index in [1.165, 1.54) is 0 Å². The fraction of sp³-hybridized carbons (Fsp3) is 0. The van der Waals surface area contributed by atoms with Crippen molar-refractivity contribution < 1.29 is 38.9 Å². The molecule has 5 N–H and O–H groups in total. The zero-order valence-corrected chi connectivity index (χ0v) is 13.4. The van der Waals surface area contributed by atoms with Crippen molar-refractivity contribution in [3.63, 3.8) is 0 Å². The van der Waals surface area contributed by atoms with Crippen LogP contribution in [0.4, 0.5) is 5.69 Å². The lowest BCUT2D eigenvalue weighted by Gasteiger charge is -2.12. The molecule has 0 aliphatic rings. The van der Waals surface area contributed by atoms with Gasteiger partial charge in [0.25, 0.3) is 30.4 Å². The number of fused-ring (bicyclic) bond motifs is 1. The van der Waals surface area contributed by atoms with Crippen LogP contribution in [0.3, 0.4) is 0 Å². The first-order valence-electron chi connectivity index (χ1n) is 5.51. The maximum atomic E-state index is 11.5. The van der Waals surface area contributed by atoms with Gasteiger partial charge in [-0.3, -0.25) is 13.7 Å². The summed E-state index contributed by atoms with van der Waals surface area (Å²) >= 11 is 0. The van der Waals surface area contributed by atoms with Crippen molar-refractivity contribution in [3.8, 4) is 0 Å². The van der Waals surface area contributed by atoms with Crippen molar-refractivity contribution in [1.29, 1.82) is 0 Å². The average Bonchev–Trinajstić information content (AvgIpc) is 2.33.